The van der Waals surface area contributed by atoms with Crippen molar-refractivity contribution in [3.05, 3.63) is 170 Å². The summed E-state index contributed by atoms with van der Waals surface area (Å²) < 4.78 is 16.8. The van der Waals surface area contributed by atoms with E-state index in [1.165, 1.54) is 64.2 Å². The van der Waals surface area contributed by atoms with Gasteiger partial charge in [0.15, 0.2) is 6.10 Å². The number of unbranched alkanes of at least 4 members (excludes halogenated alkanes) is 14. The summed E-state index contributed by atoms with van der Waals surface area (Å²) in [6, 6.07) is 0. The van der Waals surface area contributed by atoms with Crippen molar-refractivity contribution in [3.8, 4) is 0 Å². The zero-order valence-corrected chi connectivity index (χ0v) is 49.1. The van der Waals surface area contributed by atoms with Crippen LogP contribution in [0, 0.1) is 0 Å². The molecule has 0 N–H and O–H groups in total. The van der Waals surface area contributed by atoms with Crippen LogP contribution in [0.5, 0.6) is 0 Å². The maximum Gasteiger partial charge on any atom is 0.306 e. The molecule has 0 aromatic rings. The summed E-state index contributed by atoms with van der Waals surface area (Å²) in [6.07, 6.45) is 93.6. The van der Waals surface area contributed by atoms with Gasteiger partial charge in [-0.3, -0.25) is 14.4 Å². The molecule has 0 saturated heterocycles. The van der Waals surface area contributed by atoms with E-state index in [1.807, 2.05) is 0 Å². The van der Waals surface area contributed by atoms with Crippen molar-refractivity contribution in [3.63, 3.8) is 0 Å². The fourth-order valence-corrected chi connectivity index (χ4v) is 7.71. The Kier molecular flexibility index (Phi) is 59.0. The monoisotopic (exact) mass is 1060 g/mol. The third-order valence-corrected chi connectivity index (χ3v) is 12.2. The van der Waals surface area contributed by atoms with Crippen LogP contribution in [0.1, 0.15) is 239 Å². The Hall–Kier alpha value is -5.23. The van der Waals surface area contributed by atoms with E-state index in [0.717, 1.165) is 122 Å². The molecule has 6 heteroatoms. The summed E-state index contributed by atoms with van der Waals surface area (Å²) in [4.78, 5) is 38.2. The second-order valence-corrected chi connectivity index (χ2v) is 19.5. The molecule has 0 saturated carbocycles. The van der Waals surface area contributed by atoms with E-state index in [9.17, 15) is 14.4 Å². The van der Waals surface area contributed by atoms with Crippen LogP contribution in [0.25, 0.3) is 0 Å². The van der Waals surface area contributed by atoms with Crippen molar-refractivity contribution < 1.29 is 28.6 Å². The molecule has 0 radical (unpaired) electrons. The quantitative estimate of drug-likeness (QED) is 0.0261. The lowest BCUT2D eigenvalue weighted by Crippen LogP contribution is -2.30. The zero-order valence-electron chi connectivity index (χ0n) is 49.1. The number of hydrogen-bond donors (Lipinski definition) is 0. The average molecular weight is 1060 g/mol. The summed E-state index contributed by atoms with van der Waals surface area (Å²) in [6.45, 7) is 6.30. The molecule has 0 aliphatic heterocycles. The van der Waals surface area contributed by atoms with Crippen molar-refractivity contribution in [2.24, 2.45) is 0 Å². The molecule has 6 nitrogen and oxygen atoms in total. The highest BCUT2D eigenvalue weighted by Gasteiger charge is 2.19. The van der Waals surface area contributed by atoms with Crippen molar-refractivity contribution in [2.45, 2.75) is 245 Å². The van der Waals surface area contributed by atoms with E-state index < -0.39 is 6.10 Å². The Morgan fingerprint density at radius 1 is 0.273 bits per heavy atom. The number of hydrogen-bond acceptors (Lipinski definition) is 6. The van der Waals surface area contributed by atoms with Gasteiger partial charge in [0, 0.05) is 19.3 Å². The average Bonchev–Trinajstić information content (AvgIpc) is 3.43. The summed E-state index contributed by atoms with van der Waals surface area (Å²) in [5.41, 5.74) is 0. The fourth-order valence-electron chi connectivity index (χ4n) is 7.71. The van der Waals surface area contributed by atoms with Gasteiger partial charge < -0.3 is 14.2 Å². The molecular formula is C71H110O6. The summed E-state index contributed by atoms with van der Waals surface area (Å²) in [5, 5.41) is 0. The number of esters is 3. The van der Waals surface area contributed by atoms with Crippen LogP contribution in [-0.2, 0) is 28.6 Å². The van der Waals surface area contributed by atoms with Crippen LogP contribution in [-0.4, -0.2) is 37.2 Å². The highest BCUT2D eigenvalue weighted by atomic mass is 16.6. The number of carbonyl (C=O) groups is 3. The predicted molar refractivity (Wildman–Crippen MR) is 334 cm³/mol. The van der Waals surface area contributed by atoms with Gasteiger partial charge in [-0.1, -0.05) is 268 Å². The molecule has 0 fully saturated rings. The van der Waals surface area contributed by atoms with E-state index in [-0.39, 0.29) is 44.0 Å². The zero-order chi connectivity index (χ0) is 55.7. The summed E-state index contributed by atoms with van der Waals surface area (Å²) >= 11 is 0. The van der Waals surface area contributed by atoms with Crippen LogP contribution in [0.4, 0.5) is 0 Å². The molecule has 0 aliphatic rings. The molecule has 0 aromatic carbocycles. The van der Waals surface area contributed by atoms with E-state index >= 15 is 0 Å². The van der Waals surface area contributed by atoms with E-state index in [1.54, 1.807) is 0 Å². The number of rotatable bonds is 53. The van der Waals surface area contributed by atoms with E-state index in [2.05, 4.69) is 191 Å². The Balaban J connectivity index is 4.59. The molecule has 0 aliphatic carbocycles. The van der Waals surface area contributed by atoms with Gasteiger partial charge >= 0.3 is 17.9 Å². The van der Waals surface area contributed by atoms with Gasteiger partial charge in [0.05, 0.1) is 0 Å². The first-order valence-corrected chi connectivity index (χ1v) is 30.6. The van der Waals surface area contributed by atoms with Crippen molar-refractivity contribution in [1.29, 1.82) is 0 Å². The third kappa shape index (κ3) is 61.5. The lowest BCUT2D eigenvalue weighted by Gasteiger charge is -2.18. The molecule has 430 valence electrons. The lowest BCUT2D eigenvalue weighted by molar-refractivity contribution is -0.167. The largest absolute Gasteiger partial charge is 0.462 e. The Morgan fingerprint density at radius 3 is 0.792 bits per heavy atom. The van der Waals surface area contributed by atoms with E-state index in [4.69, 9.17) is 14.2 Å². The molecule has 0 spiro atoms. The van der Waals surface area contributed by atoms with Crippen molar-refractivity contribution in [2.75, 3.05) is 13.2 Å². The fraction of sp³-hybridized carbons (Fsp3) is 0.563. The molecular weight excluding hydrogens is 949 g/mol. The Bertz CT molecular complexity index is 1790. The van der Waals surface area contributed by atoms with E-state index in [0.29, 0.717) is 19.3 Å². The van der Waals surface area contributed by atoms with Gasteiger partial charge in [-0.2, -0.15) is 0 Å². The smallest absolute Gasteiger partial charge is 0.306 e. The van der Waals surface area contributed by atoms with Crippen molar-refractivity contribution in [1.82, 2.24) is 0 Å². The topological polar surface area (TPSA) is 78.9 Å². The van der Waals surface area contributed by atoms with Crippen LogP contribution in [0.15, 0.2) is 170 Å². The number of allylic oxidation sites excluding steroid dienone is 28. The van der Waals surface area contributed by atoms with Gasteiger partial charge in [0.25, 0.3) is 0 Å². The van der Waals surface area contributed by atoms with Gasteiger partial charge in [-0.25, -0.2) is 0 Å². The molecule has 1 atom stereocenters. The van der Waals surface area contributed by atoms with Crippen LogP contribution >= 0.6 is 0 Å². The molecule has 1 unspecified atom stereocenters. The summed E-state index contributed by atoms with van der Waals surface area (Å²) in [7, 11) is 0. The first kappa shape index (κ1) is 71.8. The molecule has 77 heavy (non-hydrogen) atoms. The number of ether oxygens (including phenoxy) is 3. The number of carbonyl (C=O) groups excluding carboxylic acids is 3. The van der Waals surface area contributed by atoms with Gasteiger partial charge in [0.1, 0.15) is 13.2 Å². The normalized spacial score (nSPS) is 13.3. The van der Waals surface area contributed by atoms with Crippen LogP contribution in [0.2, 0.25) is 0 Å². The maximum absolute atomic E-state index is 12.9. The molecule has 0 amide bonds. The third-order valence-electron chi connectivity index (χ3n) is 12.2. The molecule has 0 rings (SSSR count). The van der Waals surface area contributed by atoms with Gasteiger partial charge in [-0.05, 0) is 122 Å². The minimum atomic E-state index is -0.841. The lowest BCUT2D eigenvalue weighted by atomic mass is 10.0. The minimum Gasteiger partial charge on any atom is -0.462 e. The Labute approximate surface area is 472 Å². The highest BCUT2D eigenvalue weighted by Crippen LogP contribution is 2.14. The molecule has 0 aromatic heterocycles. The minimum absolute atomic E-state index is 0.126. The predicted octanol–water partition coefficient (Wildman–Crippen LogP) is 21.1. The first-order chi connectivity index (χ1) is 38.0. The first-order valence-electron chi connectivity index (χ1n) is 30.6. The maximum atomic E-state index is 12.9. The van der Waals surface area contributed by atoms with Crippen molar-refractivity contribution >= 4 is 17.9 Å². The summed E-state index contributed by atoms with van der Waals surface area (Å²) in [5.74, 6) is -1.05. The SMILES string of the molecule is CC/C=C\C/C=C\C/C=C\C/C=C\C/C=C\C/C=C\C/C=C\CCCC(=O)OCC(COC(=O)CCCCCCCCCCCCCCC)OC(=O)CCC/C=C\C/C=C\C/C=C\C/C=C\C/C=C\C/C=C\C/C=C\CC. The highest BCUT2D eigenvalue weighted by molar-refractivity contribution is 5.71. The van der Waals surface area contributed by atoms with Crippen LogP contribution < -0.4 is 0 Å². The van der Waals surface area contributed by atoms with Gasteiger partial charge in [0.2, 0.25) is 0 Å². The molecule has 0 heterocycles. The van der Waals surface area contributed by atoms with Gasteiger partial charge in [-0.15, -0.1) is 0 Å². The second-order valence-electron chi connectivity index (χ2n) is 19.5. The second kappa shape index (κ2) is 63.3. The standard InChI is InChI=1S/C71H110O6/c1-4-7-10-13-16-19-22-25-27-29-31-33-35-37-39-41-43-46-49-52-55-58-61-64-70(73)76-67-68(66-75-69(72)63-60-57-54-51-48-45-24-21-18-15-12-9-6-3)77-71(74)65-62-59-56-53-50-47-44-42-40-38-36-34-32-30-28-26-23-20-17-14-11-8-5-2/h7-8,10-11,16-17,19-20,25-28,31-34,37-40,43-44,46-47,52-53,55-56,68H,4-6,9,12-15,18,21-24,29-30,35-36,41-42,45,48-51,54,57-67H2,1-3H3/b10-7-,11-8-,19-16-,20-17-,27-25-,28-26-,33-31-,34-32-,39-37-,40-38-,46-43-,47-44-,55-52-,56-53-. The molecule has 0 bridgehead atoms. The Morgan fingerprint density at radius 2 is 0.506 bits per heavy atom. The van der Waals surface area contributed by atoms with Crippen LogP contribution in [0.3, 0.4) is 0 Å².